The lowest BCUT2D eigenvalue weighted by molar-refractivity contribution is -0.155. The van der Waals surface area contributed by atoms with Gasteiger partial charge in [0.25, 0.3) is 0 Å². The normalized spacial score (nSPS) is 15.4. The van der Waals surface area contributed by atoms with E-state index in [1.54, 1.807) is 23.5 Å². The number of nitrogens with zero attached hydrogens (tertiary/aromatic N) is 4. The summed E-state index contributed by atoms with van der Waals surface area (Å²) >= 11 is 5.64. The van der Waals surface area contributed by atoms with Gasteiger partial charge in [0.1, 0.15) is 22.5 Å². The quantitative estimate of drug-likeness (QED) is 0.323. The Kier molecular flexibility index (Phi) is 7.55. The standard InChI is InChI=1S/C25H31N5O4S3/c1-14-15(2)36-24-21(14)22(17-7-9-18(10-8-17)29-37(32,33)12-11-35)26-19(13-20(31)34-25(4,5)6)23-28-27-16(3)30(23)24/h7-10,19,29,35H,11-13H2,1-6H3/t19-/m0/s1. The van der Waals surface area contributed by atoms with Crippen LogP contribution in [0.1, 0.15) is 66.5 Å². The second kappa shape index (κ2) is 10.2. The fourth-order valence-corrected chi connectivity index (χ4v) is 6.89. The van der Waals surface area contributed by atoms with Crippen LogP contribution in [0.25, 0.3) is 5.00 Å². The summed E-state index contributed by atoms with van der Waals surface area (Å²) in [5.74, 6) is 1.06. The number of anilines is 1. The van der Waals surface area contributed by atoms with Crippen LogP contribution >= 0.6 is 24.0 Å². The number of benzene rings is 1. The molecule has 198 valence electrons. The van der Waals surface area contributed by atoms with Crippen molar-refractivity contribution in [3.63, 3.8) is 0 Å². The molecule has 12 heteroatoms. The van der Waals surface area contributed by atoms with E-state index in [-0.39, 0.29) is 23.9 Å². The molecule has 1 aliphatic heterocycles. The van der Waals surface area contributed by atoms with Crippen LogP contribution in [-0.2, 0) is 19.6 Å². The monoisotopic (exact) mass is 561 g/mol. The maximum Gasteiger partial charge on any atom is 0.308 e. The van der Waals surface area contributed by atoms with Crippen molar-refractivity contribution in [2.45, 2.75) is 59.6 Å². The number of rotatable bonds is 7. The molecule has 1 aliphatic rings. The van der Waals surface area contributed by atoms with Crippen molar-refractivity contribution in [3.8, 4) is 5.00 Å². The minimum Gasteiger partial charge on any atom is -0.460 e. The Morgan fingerprint density at radius 2 is 1.84 bits per heavy atom. The Morgan fingerprint density at radius 1 is 1.16 bits per heavy atom. The summed E-state index contributed by atoms with van der Waals surface area (Å²) in [6.45, 7) is 11.5. The number of thiophene rings is 1. The Balaban J connectivity index is 1.82. The summed E-state index contributed by atoms with van der Waals surface area (Å²) in [7, 11) is -3.48. The number of hydrogen-bond acceptors (Lipinski definition) is 9. The molecular formula is C25H31N5O4S3. The number of hydrogen-bond donors (Lipinski definition) is 2. The van der Waals surface area contributed by atoms with Crippen molar-refractivity contribution < 1.29 is 17.9 Å². The number of carbonyl (C=O) groups excluding carboxylic acids is 1. The molecule has 9 nitrogen and oxygen atoms in total. The first-order valence-electron chi connectivity index (χ1n) is 11.8. The molecule has 3 aromatic rings. The van der Waals surface area contributed by atoms with Gasteiger partial charge in [0, 0.05) is 27.4 Å². The maximum absolute atomic E-state index is 12.8. The molecule has 37 heavy (non-hydrogen) atoms. The Bertz CT molecular complexity index is 1460. The van der Waals surface area contributed by atoms with Crippen LogP contribution in [0, 0.1) is 20.8 Å². The van der Waals surface area contributed by atoms with E-state index in [0.29, 0.717) is 23.0 Å². The molecule has 2 aromatic heterocycles. The molecule has 0 aliphatic carbocycles. The summed E-state index contributed by atoms with van der Waals surface area (Å²) in [4.78, 5) is 19.1. The molecular weight excluding hydrogens is 531 g/mol. The van der Waals surface area contributed by atoms with E-state index in [1.807, 2.05) is 51.3 Å². The third kappa shape index (κ3) is 5.91. The molecule has 0 bridgehead atoms. The lowest BCUT2D eigenvalue weighted by Crippen LogP contribution is -2.25. The highest BCUT2D eigenvalue weighted by Gasteiger charge is 2.33. The van der Waals surface area contributed by atoms with Crippen molar-refractivity contribution in [2.24, 2.45) is 4.99 Å². The largest absolute Gasteiger partial charge is 0.460 e. The maximum atomic E-state index is 12.8. The number of aromatic nitrogens is 3. The van der Waals surface area contributed by atoms with Gasteiger partial charge in [-0.2, -0.15) is 12.6 Å². The highest BCUT2D eigenvalue weighted by molar-refractivity contribution is 7.93. The Hall–Kier alpha value is -2.70. The van der Waals surface area contributed by atoms with E-state index < -0.39 is 21.7 Å². The van der Waals surface area contributed by atoms with E-state index in [4.69, 9.17) is 9.73 Å². The second-order valence-electron chi connectivity index (χ2n) is 9.91. The van der Waals surface area contributed by atoms with Crippen molar-refractivity contribution in [2.75, 3.05) is 16.2 Å². The molecule has 0 spiro atoms. The summed E-state index contributed by atoms with van der Waals surface area (Å²) in [6, 6.07) is 6.47. The lowest BCUT2D eigenvalue weighted by atomic mass is 9.99. The van der Waals surface area contributed by atoms with Gasteiger partial charge in [0.15, 0.2) is 5.82 Å². The summed E-state index contributed by atoms with van der Waals surface area (Å²) in [6.07, 6.45) is 0.00743. The predicted molar refractivity (Wildman–Crippen MR) is 150 cm³/mol. The molecule has 1 N–H and O–H groups in total. The topological polar surface area (TPSA) is 116 Å². The predicted octanol–water partition coefficient (Wildman–Crippen LogP) is 4.55. The first-order valence-corrected chi connectivity index (χ1v) is 14.9. The van der Waals surface area contributed by atoms with Gasteiger partial charge < -0.3 is 4.74 Å². The molecule has 0 saturated heterocycles. The van der Waals surface area contributed by atoms with Gasteiger partial charge in [-0.25, -0.2) is 8.42 Å². The number of aliphatic imine (C=N–C) groups is 1. The van der Waals surface area contributed by atoms with Gasteiger partial charge in [-0.3, -0.25) is 19.1 Å². The zero-order valence-corrected chi connectivity index (χ0v) is 24.2. The second-order valence-corrected chi connectivity index (χ2v) is 13.4. The number of thiol groups is 1. The van der Waals surface area contributed by atoms with E-state index in [0.717, 1.165) is 26.6 Å². The van der Waals surface area contributed by atoms with Gasteiger partial charge in [0.2, 0.25) is 10.0 Å². The third-order valence-electron chi connectivity index (χ3n) is 5.81. The third-order valence-corrected chi connectivity index (χ3v) is 8.82. The fourth-order valence-electron chi connectivity index (χ4n) is 4.11. The number of carbonyl (C=O) groups is 1. The molecule has 0 fully saturated rings. The molecule has 0 unspecified atom stereocenters. The van der Waals surface area contributed by atoms with Crippen LogP contribution in [0.3, 0.4) is 0 Å². The number of ether oxygens (including phenoxy) is 1. The molecule has 0 radical (unpaired) electrons. The highest BCUT2D eigenvalue weighted by Crippen LogP contribution is 2.39. The molecule has 1 atom stereocenters. The SMILES string of the molecule is Cc1sc2c(c1C)C(c1ccc(NS(=O)(=O)CCS)cc1)=N[C@@H](CC(=O)OC(C)(C)C)c1nnc(C)n1-2. The zero-order valence-electron chi connectivity index (χ0n) is 21.7. The van der Waals surface area contributed by atoms with Gasteiger partial charge in [-0.15, -0.1) is 21.5 Å². The van der Waals surface area contributed by atoms with Gasteiger partial charge in [-0.1, -0.05) is 12.1 Å². The van der Waals surface area contributed by atoms with Crippen LogP contribution in [0.15, 0.2) is 29.3 Å². The highest BCUT2D eigenvalue weighted by atomic mass is 32.2. The van der Waals surface area contributed by atoms with Gasteiger partial charge in [-0.05, 0) is 59.2 Å². The van der Waals surface area contributed by atoms with Crippen molar-refractivity contribution in [1.29, 1.82) is 0 Å². The van der Waals surface area contributed by atoms with Crippen LogP contribution in [-0.4, -0.2) is 52.0 Å². The van der Waals surface area contributed by atoms with Crippen LogP contribution in [0.2, 0.25) is 0 Å². The Labute approximate surface area is 226 Å². The zero-order chi connectivity index (χ0) is 27.1. The van der Waals surface area contributed by atoms with E-state index in [2.05, 4.69) is 34.5 Å². The molecule has 3 heterocycles. The minimum absolute atomic E-state index is 0.00743. The average molecular weight is 562 g/mol. The Morgan fingerprint density at radius 3 is 2.46 bits per heavy atom. The first-order chi connectivity index (χ1) is 17.3. The fraction of sp³-hybridized carbons (Fsp3) is 0.440. The number of aryl methyl sites for hydroxylation is 2. The summed E-state index contributed by atoms with van der Waals surface area (Å²) in [5, 5.41) is 9.64. The molecule has 0 amide bonds. The van der Waals surface area contributed by atoms with Gasteiger partial charge >= 0.3 is 5.97 Å². The number of nitrogens with one attached hydrogen (secondary N) is 1. The van der Waals surface area contributed by atoms with E-state index >= 15 is 0 Å². The van der Waals surface area contributed by atoms with Crippen molar-refractivity contribution in [3.05, 3.63) is 57.5 Å². The van der Waals surface area contributed by atoms with Crippen LogP contribution in [0.4, 0.5) is 5.69 Å². The van der Waals surface area contributed by atoms with Crippen molar-refractivity contribution >= 4 is 51.4 Å². The number of fused-ring (bicyclic) bond motifs is 3. The number of sulfonamides is 1. The summed E-state index contributed by atoms with van der Waals surface area (Å²) < 4.78 is 34.5. The van der Waals surface area contributed by atoms with E-state index in [1.165, 1.54) is 0 Å². The minimum atomic E-state index is -3.48. The first kappa shape index (κ1) is 27.3. The smallest absolute Gasteiger partial charge is 0.308 e. The van der Waals surface area contributed by atoms with E-state index in [9.17, 15) is 13.2 Å². The van der Waals surface area contributed by atoms with Crippen LogP contribution in [0.5, 0.6) is 0 Å². The molecule has 4 rings (SSSR count). The van der Waals surface area contributed by atoms with Crippen molar-refractivity contribution in [1.82, 2.24) is 14.8 Å². The van der Waals surface area contributed by atoms with Crippen LogP contribution < -0.4 is 4.72 Å². The van der Waals surface area contributed by atoms with Gasteiger partial charge in [0.05, 0.1) is 17.9 Å². The lowest BCUT2D eigenvalue weighted by Gasteiger charge is -2.21. The summed E-state index contributed by atoms with van der Waals surface area (Å²) in [5.41, 5.74) is 3.36. The average Bonchev–Trinajstić information content (AvgIpc) is 3.25. The molecule has 1 aromatic carbocycles. The molecule has 0 saturated carbocycles. The number of esters is 1.